The molecule has 0 radical (unpaired) electrons. The van der Waals surface area contributed by atoms with Crippen molar-refractivity contribution in [3.63, 3.8) is 0 Å². The smallest absolute Gasteiger partial charge is 0.314 e. The Morgan fingerprint density at radius 3 is 2.63 bits per heavy atom. The summed E-state index contributed by atoms with van der Waals surface area (Å²) >= 11 is 0. The third kappa shape index (κ3) is 2.60. The molecule has 98 valence electrons. The molecule has 0 amide bonds. The number of alkyl halides is 3. The van der Waals surface area contributed by atoms with E-state index in [0.29, 0.717) is 0 Å². The zero-order valence-corrected chi connectivity index (χ0v) is 9.74. The van der Waals surface area contributed by atoms with Gasteiger partial charge in [-0.3, -0.25) is 4.79 Å². The van der Waals surface area contributed by atoms with E-state index in [1.165, 1.54) is 22.9 Å². The molecular weight excluding hydrogens is 257 g/mol. The van der Waals surface area contributed by atoms with Crippen molar-refractivity contribution < 1.29 is 13.2 Å². The highest BCUT2D eigenvalue weighted by Gasteiger charge is 2.30. The third-order valence-corrected chi connectivity index (χ3v) is 2.77. The van der Waals surface area contributed by atoms with Gasteiger partial charge < -0.3 is 4.57 Å². The SMILES string of the molecule is N#CCCn1ccc2cc(C(F)(F)F)ccc2c1=O. The predicted molar refractivity (Wildman–Crippen MR) is 63.4 cm³/mol. The van der Waals surface area contributed by atoms with Crippen molar-refractivity contribution in [3.05, 3.63) is 46.4 Å². The maximum atomic E-state index is 12.5. The monoisotopic (exact) mass is 266 g/mol. The van der Waals surface area contributed by atoms with Crippen molar-refractivity contribution in [3.8, 4) is 6.07 Å². The van der Waals surface area contributed by atoms with Gasteiger partial charge in [-0.05, 0) is 29.7 Å². The highest BCUT2D eigenvalue weighted by Crippen LogP contribution is 2.30. The van der Waals surface area contributed by atoms with Gasteiger partial charge in [0.15, 0.2) is 0 Å². The molecule has 1 heterocycles. The Kier molecular flexibility index (Phi) is 3.30. The van der Waals surface area contributed by atoms with Gasteiger partial charge in [-0.25, -0.2) is 0 Å². The molecule has 2 aromatic rings. The second-order valence-electron chi connectivity index (χ2n) is 4.02. The summed E-state index contributed by atoms with van der Waals surface area (Å²) in [6.07, 6.45) is -2.85. The maximum absolute atomic E-state index is 12.5. The van der Waals surface area contributed by atoms with Crippen molar-refractivity contribution in [1.82, 2.24) is 4.57 Å². The molecule has 6 heteroatoms. The second-order valence-corrected chi connectivity index (χ2v) is 4.02. The Labute approximate surface area is 106 Å². The number of pyridine rings is 1. The number of benzene rings is 1. The maximum Gasteiger partial charge on any atom is 0.416 e. The molecule has 19 heavy (non-hydrogen) atoms. The van der Waals surface area contributed by atoms with Crippen LogP contribution in [0.3, 0.4) is 0 Å². The zero-order chi connectivity index (χ0) is 14.0. The fraction of sp³-hybridized carbons (Fsp3) is 0.231. The van der Waals surface area contributed by atoms with Gasteiger partial charge in [-0.1, -0.05) is 0 Å². The van der Waals surface area contributed by atoms with Crippen molar-refractivity contribution >= 4 is 10.8 Å². The standard InChI is InChI=1S/C13H9F3N2O/c14-13(15,16)10-2-3-11-9(8-10)4-7-18(12(11)19)6-1-5-17/h2-4,7-8H,1,6H2. The number of aryl methyl sites for hydroxylation is 1. The van der Waals surface area contributed by atoms with Gasteiger partial charge in [-0.15, -0.1) is 0 Å². The summed E-state index contributed by atoms with van der Waals surface area (Å²) in [4.78, 5) is 12.0. The number of hydrogen-bond donors (Lipinski definition) is 0. The molecule has 0 bridgehead atoms. The lowest BCUT2D eigenvalue weighted by atomic mass is 10.1. The van der Waals surface area contributed by atoms with Crippen molar-refractivity contribution in [1.29, 1.82) is 5.26 Å². The minimum absolute atomic E-state index is 0.173. The molecule has 2 rings (SSSR count). The minimum Gasteiger partial charge on any atom is -0.314 e. The van der Waals surface area contributed by atoms with Gasteiger partial charge in [0.2, 0.25) is 0 Å². The van der Waals surface area contributed by atoms with Crippen LogP contribution in [-0.4, -0.2) is 4.57 Å². The van der Waals surface area contributed by atoms with E-state index in [0.717, 1.165) is 12.1 Å². The van der Waals surface area contributed by atoms with Crippen molar-refractivity contribution in [2.45, 2.75) is 19.1 Å². The first kappa shape index (κ1) is 13.1. The molecule has 0 spiro atoms. The molecule has 0 aliphatic heterocycles. The first-order valence-electron chi connectivity index (χ1n) is 5.51. The molecule has 0 aliphatic rings. The van der Waals surface area contributed by atoms with Gasteiger partial charge >= 0.3 is 6.18 Å². The van der Waals surface area contributed by atoms with Crippen LogP contribution in [0.2, 0.25) is 0 Å². The number of halogens is 3. The summed E-state index contributed by atoms with van der Waals surface area (Å²) in [7, 11) is 0. The van der Waals surface area contributed by atoms with Crippen LogP contribution in [0.1, 0.15) is 12.0 Å². The fourth-order valence-corrected chi connectivity index (χ4v) is 1.81. The number of hydrogen-bond acceptors (Lipinski definition) is 2. The van der Waals surface area contributed by atoms with Crippen LogP contribution in [0, 0.1) is 11.3 Å². The van der Waals surface area contributed by atoms with Crippen LogP contribution < -0.4 is 5.56 Å². The second kappa shape index (κ2) is 4.76. The largest absolute Gasteiger partial charge is 0.416 e. The summed E-state index contributed by atoms with van der Waals surface area (Å²) in [6.45, 7) is 0.228. The Morgan fingerprint density at radius 1 is 1.26 bits per heavy atom. The molecule has 1 aromatic heterocycles. The molecule has 0 aliphatic carbocycles. The highest BCUT2D eigenvalue weighted by atomic mass is 19.4. The van der Waals surface area contributed by atoms with E-state index in [9.17, 15) is 18.0 Å². The molecule has 0 fully saturated rings. The summed E-state index contributed by atoms with van der Waals surface area (Å²) < 4.78 is 38.9. The average Bonchev–Trinajstić information content (AvgIpc) is 2.36. The van der Waals surface area contributed by atoms with Crippen molar-refractivity contribution in [2.24, 2.45) is 0 Å². The summed E-state index contributed by atoms with van der Waals surface area (Å²) in [5, 5.41) is 8.93. The van der Waals surface area contributed by atoms with Gasteiger partial charge in [0.1, 0.15) is 0 Å². The van der Waals surface area contributed by atoms with Crippen LogP contribution in [0.15, 0.2) is 35.3 Å². The molecule has 0 N–H and O–H groups in total. The lowest BCUT2D eigenvalue weighted by Crippen LogP contribution is -2.19. The van der Waals surface area contributed by atoms with E-state index in [1.54, 1.807) is 0 Å². The van der Waals surface area contributed by atoms with Crippen LogP contribution in [0.5, 0.6) is 0 Å². The molecular formula is C13H9F3N2O. The summed E-state index contributed by atoms with van der Waals surface area (Å²) in [6, 6.07) is 6.37. The van der Waals surface area contributed by atoms with Gasteiger partial charge in [-0.2, -0.15) is 18.4 Å². The van der Waals surface area contributed by atoms with Gasteiger partial charge in [0.25, 0.3) is 5.56 Å². The Morgan fingerprint density at radius 2 is 2.00 bits per heavy atom. The predicted octanol–water partition coefficient (Wildman–Crippen LogP) is 2.93. The lowest BCUT2D eigenvalue weighted by molar-refractivity contribution is -0.137. The van der Waals surface area contributed by atoms with E-state index in [4.69, 9.17) is 5.26 Å². The lowest BCUT2D eigenvalue weighted by Gasteiger charge is -2.09. The Hall–Kier alpha value is -2.29. The molecule has 3 nitrogen and oxygen atoms in total. The van der Waals surface area contributed by atoms with Crippen LogP contribution in [0.4, 0.5) is 13.2 Å². The molecule has 0 saturated carbocycles. The van der Waals surface area contributed by atoms with E-state index in [2.05, 4.69) is 0 Å². The summed E-state index contributed by atoms with van der Waals surface area (Å²) in [5.41, 5.74) is -1.17. The van der Waals surface area contributed by atoms with Crippen LogP contribution >= 0.6 is 0 Å². The number of rotatable bonds is 2. The first-order valence-corrected chi connectivity index (χ1v) is 5.51. The Balaban J connectivity index is 2.55. The number of nitrogens with zero attached hydrogens (tertiary/aromatic N) is 2. The molecule has 0 unspecified atom stereocenters. The number of fused-ring (bicyclic) bond motifs is 1. The van der Waals surface area contributed by atoms with Gasteiger partial charge in [0.05, 0.1) is 18.1 Å². The molecule has 0 saturated heterocycles. The van der Waals surface area contributed by atoms with Gasteiger partial charge in [0, 0.05) is 18.1 Å². The zero-order valence-electron chi connectivity index (χ0n) is 9.74. The number of aromatic nitrogens is 1. The quantitative estimate of drug-likeness (QED) is 0.839. The minimum atomic E-state index is -4.43. The van der Waals surface area contributed by atoms with E-state index in [-0.39, 0.29) is 29.3 Å². The van der Waals surface area contributed by atoms with E-state index < -0.39 is 11.7 Å². The van der Waals surface area contributed by atoms with E-state index >= 15 is 0 Å². The number of nitriles is 1. The fourth-order valence-electron chi connectivity index (χ4n) is 1.81. The topological polar surface area (TPSA) is 45.8 Å². The average molecular weight is 266 g/mol. The molecule has 1 aromatic carbocycles. The highest BCUT2D eigenvalue weighted by molar-refractivity contribution is 5.82. The normalized spacial score (nSPS) is 11.5. The Bertz CT molecular complexity index is 710. The molecule has 0 atom stereocenters. The van der Waals surface area contributed by atoms with Crippen LogP contribution in [-0.2, 0) is 12.7 Å². The summed E-state index contributed by atoms with van der Waals surface area (Å²) in [5.74, 6) is 0. The van der Waals surface area contributed by atoms with Crippen LogP contribution in [0.25, 0.3) is 10.8 Å². The van der Waals surface area contributed by atoms with Crippen molar-refractivity contribution in [2.75, 3.05) is 0 Å². The van der Waals surface area contributed by atoms with E-state index in [1.807, 2.05) is 6.07 Å². The first-order chi connectivity index (χ1) is 8.93. The third-order valence-electron chi connectivity index (χ3n) is 2.77.